The summed E-state index contributed by atoms with van der Waals surface area (Å²) in [6.07, 6.45) is 2.50. The fourth-order valence-corrected chi connectivity index (χ4v) is 0.839. The molecule has 0 spiro atoms. The summed E-state index contributed by atoms with van der Waals surface area (Å²) in [6, 6.07) is 7.27. The van der Waals surface area contributed by atoms with Gasteiger partial charge in [0, 0.05) is 22.4 Å². The maximum absolute atomic E-state index is 9.19. The van der Waals surface area contributed by atoms with E-state index in [9.17, 15) is 5.11 Å². The summed E-state index contributed by atoms with van der Waals surface area (Å²) >= 11 is 0. The monoisotopic (exact) mass is 331 g/mol. The van der Waals surface area contributed by atoms with Gasteiger partial charge in [-0.3, -0.25) is 0 Å². The van der Waals surface area contributed by atoms with E-state index in [0.717, 1.165) is 12.0 Å². The summed E-state index contributed by atoms with van der Waals surface area (Å²) in [5, 5.41) is 9.19. The largest absolute Gasteiger partial charge is 0.508 e. The number of allylic oxidation sites excluding steroid dienone is 1. The van der Waals surface area contributed by atoms with Gasteiger partial charge in [0.1, 0.15) is 5.75 Å². The van der Waals surface area contributed by atoms with Crippen LogP contribution in [0.15, 0.2) is 36.9 Å². The molecule has 0 atom stereocenters. The van der Waals surface area contributed by atoms with Crippen LogP contribution in [0.1, 0.15) is 5.56 Å². The predicted molar refractivity (Wildman–Crippen MR) is 42.0 cm³/mol. The van der Waals surface area contributed by atoms with Crippen LogP contribution in [-0.2, 0) is 28.8 Å². The van der Waals surface area contributed by atoms with E-state index < -0.39 is 0 Å². The van der Waals surface area contributed by atoms with Gasteiger partial charge in [-0.15, -0.1) is 6.58 Å². The molecule has 1 N–H and O–H groups in total. The molecule has 2 heteroatoms. The smallest absolute Gasteiger partial charge is 0.119 e. The Hall–Kier alpha value is -0.500. The molecule has 0 saturated carbocycles. The first kappa shape index (κ1) is 10.5. The predicted octanol–water partition coefficient (Wildman–Crippen LogP) is 2.12. The first-order chi connectivity index (χ1) is 4.84. The number of hydrogen-bond donors (Lipinski definition) is 1. The van der Waals surface area contributed by atoms with Crippen LogP contribution in [0, 0.1) is 0 Å². The van der Waals surface area contributed by atoms with Crippen molar-refractivity contribution in [1.29, 1.82) is 0 Å². The molecular weight excluding hydrogens is 321 g/mol. The topological polar surface area (TPSA) is 20.2 Å². The van der Waals surface area contributed by atoms with Gasteiger partial charge in [0.15, 0.2) is 0 Å². The van der Waals surface area contributed by atoms with Crippen LogP contribution in [-0.4, -0.2) is 5.11 Å². The van der Waals surface area contributed by atoms with Crippen LogP contribution < -0.4 is 0 Å². The number of benzene rings is 1. The Morgan fingerprint density at radius 3 is 2.55 bits per heavy atom. The van der Waals surface area contributed by atoms with E-state index >= 15 is 0 Å². The molecule has 0 aromatic heterocycles. The molecule has 0 unspecified atom stereocenters. The molecule has 0 bridgehead atoms. The van der Waals surface area contributed by atoms with Gasteiger partial charge < -0.3 is 5.11 Å². The second-order valence-electron chi connectivity index (χ2n) is 2.12. The van der Waals surface area contributed by atoms with Crippen molar-refractivity contribution in [3.8, 4) is 5.75 Å². The Bertz CT molecular complexity index is 233. The van der Waals surface area contributed by atoms with Crippen LogP contribution in [0.4, 0.5) is 0 Å². The minimum absolute atomic E-state index is 0. The molecule has 1 rings (SSSR count). The Kier molecular flexibility index (Phi) is 4.95. The Morgan fingerprint density at radius 2 is 2.00 bits per heavy atom. The zero-order valence-corrected chi connectivity index (χ0v) is 8.22. The second kappa shape index (κ2) is 5.19. The molecule has 63 valence electrons. The molecule has 1 nitrogen and oxygen atoms in total. The molecule has 11 heavy (non-hydrogen) atoms. The number of rotatable bonds is 2. The molecule has 1 radical (unpaired) electrons. The van der Waals surface area contributed by atoms with Crippen molar-refractivity contribution in [2.45, 2.75) is 6.42 Å². The van der Waals surface area contributed by atoms with Crippen molar-refractivity contribution in [3.63, 3.8) is 0 Å². The summed E-state index contributed by atoms with van der Waals surface area (Å²) in [4.78, 5) is 0. The molecule has 1 aromatic carbocycles. The van der Waals surface area contributed by atoms with Gasteiger partial charge in [-0.25, -0.2) is 0 Å². The van der Waals surface area contributed by atoms with Crippen LogP contribution >= 0.6 is 0 Å². The minimum Gasteiger partial charge on any atom is -0.508 e. The van der Waals surface area contributed by atoms with Crippen LogP contribution in [0.3, 0.4) is 0 Å². The summed E-state index contributed by atoms with van der Waals surface area (Å²) in [5.74, 6) is 0.349. The van der Waals surface area contributed by atoms with Crippen molar-refractivity contribution in [1.82, 2.24) is 0 Å². The standard InChI is InChI=1S/C9H10O.Au/c1-2-5-8-6-3-4-7-9(8)10;/h2-4,6-7,10H,1,5H2;. The number of aromatic hydroxyl groups is 1. The van der Waals surface area contributed by atoms with Gasteiger partial charge in [0.2, 0.25) is 0 Å². The van der Waals surface area contributed by atoms with Crippen molar-refractivity contribution in [3.05, 3.63) is 42.5 Å². The van der Waals surface area contributed by atoms with E-state index in [2.05, 4.69) is 6.58 Å². The normalized spacial score (nSPS) is 8.36. The maximum Gasteiger partial charge on any atom is 0.119 e. The third-order valence-electron chi connectivity index (χ3n) is 1.36. The number of phenolic OH excluding ortho intramolecular Hbond substituents is 1. The Morgan fingerprint density at radius 1 is 1.36 bits per heavy atom. The fourth-order valence-electron chi connectivity index (χ4n) is 0.839. The summed E-state index contributed by atoms with van der Waals surface area (Å²) in [7, 11) is 0. The van der Waals surface area contributed by atoms with Gasteiger partial charge in [-0.1, -0.05) is 24.3 Å². The quantitative estimate of drug-likeness (QED) is 0.650. The molecule has 0 saturated heterocycles. The average Bonchev–Trinajstić information content (AvgIpc) is 1.94. The maximum atomic E-state index is 9.19. The van der Waals surface area contributed by atoms with E-state index in [1.807, 2.05) is 18.2 Å². The Balaban J connectivity index is 0.000001000. The van der Waals surface area contributed by atoms with Gasteiger partial charge >= 0.3 is 0 Å². The first-order valence-corrected chi connectivity index (χ1v) is 3.22. The van der Waals surface area contributed by atoms with E-state index in [1.165, 1.54) is 0 Å². The van der Waals surface area contributed by atoms with Crippen LogP contribution in [0.5, 0.6) is 5.75 Å². The van der Waals surface area contributed by atoms with Gasteiger partial charge in [-0.05, 0) is 18.1 Å². The molecule has 0 aliphatic rings. The van der Waals surface area contributed by atoms with Crippen LogP contribution in [0.2, 0.25) is 0 Å². The molecule has 0 fully saturated rings. The van der Waals surface area contributed by atoms with E-state index in [0.29, 0.717) is 5.75 Å². The molecule has 0 amide bonds. The second-order valence-corrected chi connectivity index (χ2v) is 2.12. The molecule has 0 aliphatic carbocycles. The molecule has 0 aliphatic heterocycles. The Labute approximate surface area is 82.3 Å². The first-order valence-electron chi connectivity index (χ1n) is 3.22. The molecular formula is C9H10AuO. The SMILES string of the molecule is C=CCc1ccccc1O.[Au]. The number of hydrogen-bond acceptors (Lipinski definition) is 1. The zero-order chi connectivity index (χ0) is 7.40. The summed E-state index contributed by atoms with van der Waals surface area (Å²) in [6.45, 7) is 3.59. The summed E-state index contributed by atoms with van der Waals surface area (Å²) < 4.78 is 0. The number of para-hydroxylation sites is 1. The van der Waals surface area contributed by atoms with Gasteiger partial charge in [-0.2, -0.15) is 0 Å². The zero-order valence-electron chi connectivity index (χ0n) is 6.05. The fraction of sp³-hybridized carbons (Fsp3) is 0.111. The van der Waals surface area contributed by atoms with Gasteiger partial charge in [0.25, 0.3) is 0 Å². The minimum atomic E-state index is 0. The third kappa shape index (κ3) is 2.93. The van der Waals surface area contributed by atoms with Gasteiger partial charge in [0.05, 0.1) is 0 Å². The molecule has 0 heterocycles. The van der Waals surface area contributed by atoms with Crippen molar-refractivity contribution >= 4 is 0 Å². The van der Waals surface area contributed by atoms with Crippen LogP contribution in [0.25, 0.3) is 0 Å². The van der Waals surface area contributed by atoms with Crippen molar-refractivity contribution in [2.75, 3.05) is 0 Å². The average molecular weight is 331 g/mol. The third-order valence-corrected chi connectivity index (χ3v) is 1.36. The summed E-state index contributed by atoms with van der Waals surface area (Å²) in [5.41, 5.74) is 0.928. The number of phenols is 1. The van der Waals surface area contributed by atoms with Crippen molar-refractivity contribution in [2.24, 2.45) is 0 Å². The molecule has 1 aromatic rings. The van der Waals surface area contributed by atoms with Crippen molar-refractivity contribution < 1.29 is 27.5 Å². The van der Waals surface area contributed by atoms with E-state index in [1.54, 1.807) is 12.1 Å². The van der Waals surface area contributed by atoms with E-state index in [-0.39, 0.29) is 22.4 Å². The van der Waals surface area contributed by atoms with E-state index in [4.69, 9.17) is 0 Å².